The maximum absolute atomic E-state index is 13.5. The minimum atomic E-state index is -3.02. The van der Waals surface area contributed by atoms with Gasteiger partial charge in [-0.15, -0.1) is 0 Å². The van der Waals surface area contributed by atoms with E-state index in [-0.39, 0.29) is 24.2 Å². The van der Waals surface area contributed by atoms with Crippen molar-refractivity contribution in [3.8, 4) is 5.75 Å². The Labute approximate surface area is 137 Å². The van der Waals surface area contributed by atoms with Crippen LogP contribution in [0.3, 0.4) is 0 Å². The second-order valence-electron chi connectivity index (χ2n) is 5.14. The first-order chi connectivity index (χ1) is 10.8. The van der Waals surface area contributed by atoms with E-state index in [1.165, 1.54) is 12.3 Å². The first-order valence-electron chi connectivity index (χ1n) is 7.43. The van der Waals surface area contributed by atoms with E-state index in [9.17, 15) is 12.8 Å². The zero-order chi connectivity index (χ0) is 17.3. The highest BCUT2D eigenvalue weighted by Gasteiger charge is 2.08. The summed E-state index contributed by atoms with van der Waals surface area (Å²) in [6.07, 6.45) is 0.862. The van der Waals surface area contributed by atoms with Crippen LogP contribution < -0.4 is 15.4 Å². The number of halogens is 1. The Hall–Kier alpha value is -1.83. The van der Waals surface area contributed by atoms with Crippen LogP contribution in [0, 0.1) is 5.82 Å². The lowest BCUT2D eigenvalue weighted by molar-refractivity contribution is 0.220. The Bertz CT molecular complexity index is 620. The average Bonchev–Trinajstić information content (AvgIpc) is 2.46. The van der Waals surface area contributed by atoms with Crippen LogP contribution in [0.1, 0.15) is 13.8 Å². The number of hydrogen-bond donors (Lipinski definition) is 2. The SMILES string of the molecule is CCNC(=NCC(C)Oc1ccccc1F)NCCS(C)(=O)=O. The van der Waals surface area contributed by atoms with E-state index in [2.05, 4.69) is 15.6 Å². The third-order valence-corrected chi connectivity index (χ3v) is 3.73. The van der Waals surface area contributed by atoms with Gasteiger partial charge in [0.25, 0.3) is 0 Å². The topological polar surface area (TPSA) is 79.8 Å². The van der Waals surface area contributed by atoms with Gasteiger partial charge in [-0.3, -0.25) is 0 Å². The molecule has 23 heavy (non-hydrogen) atoms. The lowest BCUT2D eigenvalue weighted by atomic mass is 10.3. The largest absolute Gasteiger partial charge is 0.486 e. The molecule has 0 saturated heterocycles. The average molecular weight is 345 g/mol. The van der Waals surface area contributed by atoms with Gasteiger partial charge in [0.15, 0.2) is 17.5 Å². The Morgan fingerprint density at radius 2 is 2.04 bits per heavy atom. The molecule has 1 rings (SSSR count). The molecule has 1 atom stereocenters. The van der Waals surface area contributed by atoms with Crippen molar-refractivity contribution in [2.75, 3.05) is 31.6 Å². The molecule has 0 saturated carbocycles. The number of hydrogen-bond acceptors (Lipinski definition) is 4. The molecule has 0 fully saturated rings. The van der Waals surface area contributed by atoms with Gasteiger partial charge in [-0.2, -0.15) is 0 Å². The second kappa shape index (κ2) is 9.34. The number of rotatable bonds is 8. The van der Waals surface area contributed by atoms with Crippen LogP contribution in [0.2, 0.25) is 0 Å². The van der Waals surface area contributed by atoms with Crippen LogP contribution in [0.15, 0.2) is 29.3 Å². The number of nitrogens with one attached hydrogen (secondary N) is 2. The first kappa shape index (κ1) is 19.2. The molecule has 0 aliphatic heterocycles. The molecule has 0 amide bonds. The Morgan fingerprint density at radius 3 is 2.65 bits per heavy atom. The molecule has 0 heterocycles. The van der Waals surface area contributed by atoms with Crippen molar-refractivity contribution >= 4 is 15.8 Å². The number of aliphatic imine (C=N–C) groups is 1. The summed E-state index contributed by atoms with van der Waals surface area (Å²) in [7, 11) is -3.02. The lowest BCUT2D eigenvalue weighted by Crippen LogP contribution is -2.40. The highest BCUT2D eigenvalue weighted by molar-refractivity contribution is 7.90. The molecule has 0 spiro atoms. The highest BCUT2D eigenvalue weighted by Crippen LogP contribution is 2.16. The summed E-state index contributed by atoms with van der Waals surface area (Å²) in [5.74, 6) is 0.297. The summed E-state index contributed by atoms with van der Waals surface area (Å²) in [4.78, 5) is 4.31. The van der Waals surface area contributed by atoms with Crippen LogP contribution in [-0.4, -0.2) is 52.1 Å². The monoisotopic (exact) mass is 345 g/mol. The second-order valence-corrected chi connectivity index (χ2v) is 7.39. The van der Waals surface area contributed by atoms with Gasteiger partial charge in [-0.05, 0) is 26.0 Å². The molecule has 1 unspecified atom stereocenters. The van der Waals surface area contributed by atoms with Crippen LogP contribution in [-0.2, 0) is 9.84 Å². The third kappa shape index (κ3) is 8.39. The van der Waals surface area contributed by atoms with Gasteiger partial charge in [-0.25, -0.2) is 17.8 Å². The lowest BCUT2D eigenvalue weighted by Gasteiger charge is -2.15. The molecule has 2 N–H and O–H groups in total. The molecule has 0 aromatic heterocycles. The summed E-state index contributed by atoms with van der Waals surface area (Å²) >= 11 is 0. The van der Waals surface area contributed by atoms with E-state index in [0.29, 0.717) is 19.0 Å². The highest BCUT2D eigenvalue weighted by atomic mass is 32.2. The van der Waals surface area contributed by atoms with Gasteiger partial charge in [0.1, 0.15) is 15.9 Å². The normalized spacial score (nSPS) is 13.5. The standard InChI is InChI=1S/C15H24FN3O3S/c1-4-17-15(18-9-10-23(3,20)21)19-11-12(2)22-14-8-6-5-7-13(14)16/h5-8,12H,4,9-11H2,1-3H3,(H2,17,18,19). The van der Waals surface area contributed by atoms with Crippen molar-refractivity contribution in [3.05, 3.63) is 30.1 Å². The smallest absolute Gasteiger partial charge is 0.191 e. The molecular weight excluding hydrogens is 321 g/mol. The molecule has 0 aliphatic rings. The van der Waals surface area contributed by atoms with Crippen molar-refractivity contribution in [2.24, 2.45) is 4.99 Å². The quantitative estimate of drug-likeness (QED) is 0.547. The summed E-state index contributed by atoms with van der Waals surface area (Å²) < 4.78 is 41.2. The Morgan fingerprint density at radius 1 is 1.35 bits per heavy atom. The van der Waals surface area contributed by atoms with E-state index in [4.69, 9.17) is 4.74 Å². The van der Waals surface area contributed by atoms with Gasteiger partial charge in [0, 0.05) is 19.3 Å². The van der Waals surface area contributed by atoms with Crippen LogP contribution in [0.4, 0.5) is 4.39 Å². The van der Waals surface area contributed by atoms with Crippen molar-refractivity contribution in [3.63, 3.8) is 0 Å². The molecular formula is C15H24FN3O3S. The fourth-order valence-corrected chi connectivity index (χ4v) is 2.18. The van der Waals surface area contributed by atoms with Crippen LogP contribution in [0.5, 0.6) is 5.75 Å². The first-order valence-corrected chi connectivity index (χ1v) is 9.49. The number of sulfone groups is 1. The van der Waals surface area contributed by atoms with E-state index in [1.807, 2.05) is 6.92 Å². The number of ether oxygens (including phenoxy) is 1. The van der Waals surface area contributed by atoms with Crippen molar-refractivity contribution < 1.29 is 17.5 Å². The summed E-state index contributed by atoms with van der Waals surface area (Å²) in [6.45, 7) is 4.92. The molecule has 6 nitrogen and oxygen atoms in total. The van der Waals surface area contributed by atoms with Gasteiger partial charge in [0.05, 0.1) is 12.3 Å². The molecule has 130 valence electrons. The van der Waals surface area contributed by atoms with E-state index < -0.39 is 15.7 Å². The van der Waals surface area contributed by atoms with E-state index >= 15 is 0 Å². The minimum absolute atomic E-state index is 0.0265. The fraction of sp³-hybridized carbons (Fsp3) is 0.533. The number of benzene rings is 1. The summed E-state index contributed by atoms with van der Waals surface area (Å²) in [5, 5.41) is 5.95. The Kier molecular flexibility index (Phi) is 7.80. The van der Waals surface area contributed by atoms with Gasteiger partial charge in [-0.1, -0.05) is 12.1 Å². The van der Waals surface area contributed by atoms with Gasteiger partial charge in [0.2, 0.25) is 0 Å². The molecule has 1 aromatic rings. The zero-order valence-corrected chi connectivity index (χ0v) is 14.5. The number of nitrogens with zero attached hydrogens (tertiary/aromatic N) is 1. The summed E-state index contributed by atoms with van der Waals surface area (Å²) in [5.41, 5.74) is 0. The Balaban J connectivity index is 2.53. The fourth-order valence-electron chi connectivity index (χ4n) is 1.71. The molecule has 0 aliphatic carbocycles. The maximum Gasteiger partial charge on any atom is 0.191 e. The molecule has 1 aromatic carbocycles. The summed E-state index contributed by atoms with van der Waals surface area (Å²) in [6, 6.07) is 6.19. The van der Waals surface area contributed by atoms with Crippen LogP contribution in [0.25, 0.3) is 0 Å². The van der Waals surface area contributed by atoms with E-state index in [0.717, 1.165) is 0 Å². The zero-order valence-electron chi connectivity index (χ0n) is 13.7. The van der Waals surface area contributed by atoms with Crippen molar-refractivity contribution in [2.45, 2.75) is 20.0 Å². The number of para-hydroxylation sites is 1. The van der Waals surface area contributed by atoms with E-state index in [1.54, 1.807) is 25.1 Å². The van der Waals surface area contributed by atoms with Gasteiger partial charge < -0.3 is 15.4 Å². The minimum Gasteiger partial charge on any atom is -0.486 e. The van der Waals surface area contributed by atoms with Gasteiger partial charge >= 0.3 is 0 Å². The van der Waals surface area contributed by atoms with Crippen LogP contribution >= 0.6 is 0 Å². The number of guanidine groups is 1. The predicted molar refractivity (Wildman–Crippen MR) is 90.2 cm³/mol. The van der Waals surface area contributed by atoms with Crippen molar-refractivity contribution in [1.29, 1.82) is 0 Å². The molecule has 0 radical (unpaired) electrons. The molecule has 0 bridgehead atoms. The molecule has 8 heteroatoms. The van der Waals surface area contributed by atoms with Crippen molar-refractivity contribution in [1.82, 2.24) is 10.6 Å². The maximum atomic E-state index is 13.5. The third-order valence-electron chi connectivity index (χ3n) is 2.78. The predicted octanol–water partition coefficient (Wildman–Crippen LogP) is 1.19.